The van der Waals surface area contributed by atoms with Crippen molar-refractivity contribution in [2.45, 2.75) is 33.6 Å². The summed E-state index contributed by atoms with van der Waals surface area (Å²) in [4.78, 5) is 0. The normalized spacial score (nSPS) is 10.8. The van der Waals surface area contributed by atoms with Crippen molar-refractivity contribution < 1.29 is 0 Å². The van der Waals surface area contributed by atoms with E-state index >= 15 is 0 Å². The molecule has 0 heterocycles. The summed E-state index contributed by atoms with van der Waals surface area (Å²) >= 11 is 0. The maximum atomic E-state index is 5.91. The van der Waals surface area contributed by atoms with Gasteiger partial charge in [-0.05, 0) is 36.0 Å². The van der Waals surface area contributed by atoms with Gasteiger partial charge in [0.15, 0.2) is 0 Å². The molecule has 1 aromatic carbocycles. The van der Waals surface area contributed by atoms with Gasteiger partial charge >= 0.3 is 0 Å². The molecule has 1 rings (SSSR count). The van der Waals surface area contributed by atoms with E-state index in [4.69, 9.17) is 5.73 Å². The smallest absolute Gasteiger partial charge is 0.0349 e. The number of nitrogen functional groups attached to an aromatic ring is 1. The van der Waals surface area contributed by atoms with Gasteiger partial charge in [-0.1, -0.05) is 32.9 Å². The first-order chi connectivity index (χ1) is 6.13. The minimum Gasteiger partial charge on any atom is -0.398 e. The third-order valence-electron chi connectivity index (χ3n) is 2.24. The molecule has 2 N–H and O–H groups in total. The van der Waals surface area contributed by atoms with Crippen LogP contribution in [0.3, 0.4) is 0 Å². The van der Waals surface area contributed by atoms with Crippen LogP contribution in [0, 0.1) is 5.92 Å². The Morgan fingerprint density at radius 2 is 2.00 bits per heavy atom. The molecule has 0 amide bonds. The van der Waals surface area contributed by atoms with Crippen molar-refractivity contribution in [1.82, 2.24) is 0 Å². The summed E-state index contributed by atoms with van der Waals surface area (Å²) in [5, 5.41) is 0. The molecule has 0 atom stereocenters. The van der Waals surface area contributed by atoms with Gasteiger partial charge in [0.2, 0.25) is 0 Å². The summed E-state index contributed by atoms with van der Waals surface area (Å²) in [6.07, 6.45) is 2.14. The number of nitrogens with two attached hydrogens (primary N) is 1. The molecule has 1 heteroatoms. The van der Waals surface area contributed by atoms with Crippen LogP contribution in [0.5, 0.6) is 0 Å². The van der Waals surface area contributed by atoms with Gasteiger partial charge in [0, 0.05) is 5.69 Å². The first-order valence-corrected chi connectivity index (χ1v) is 5.00. The lowest BCUT2D eigenvalue weighted by molar-refractivity contribution is 0.647. The Morgan fingerprint density at radius 1 is 1.31 bits per heavy atom. The number of aryl methyl sites for hydroxylation is 1. The number of hydrogen-bond acceptors (Lipinski definition) is 1. The van der Waals surface area contributed by atoms with Gasteiger partial charge in [-0.25, -0.2) is 0 Å². The molecular weight excluding hydrogens is 158 g/mol. The third kappa shape index (κ3) is 2.76. The van der Waals surface area contributed by atoms with Crippen molar-refractivity contribution in [2.75, 3.05) is 5.73 Å². The summed E-state index contributed by atoms with van der Waals surface area (Å²) in [6, 6.07) is 6.45. The second kappa shape index (κ2) is 4.31. The van der Waals surface area contributed by atoms with Crippen molar-refractivity contribution in [3.05, 3.63) is 29.3 Å². The van der Waals surface area contributed by atoms with E-state index in [1.54, 1.807) is 0 Å². The predicted molar refractivity (Wildman–Crippen MR) is 58.8 cm³/mol. The molecule has 13 heavy (non-hydrogen) atoms. The monoisotopic (exact) mass is 177 g/mol. The molecule has 1 nitrogen and oxygen atoms in total. The maximum Gasteiger partial charge on any atom is 0.0349 e. The van der Waals surface area contributed by atoms with Gasteiger partial charge in [0.1, 0.15) is 0 Å². The fourth-order valence-corrected chi connectivity index (χ4v) is 1.56. The van der Waals surface area contributed by atoms with E-state index in [1.807, 2.05) is 0 Å². The lowest BCUT2D eigenvalue weighted by Gasteiger charge is -2.08. The third-order valence-corrected chi connectivity index (χ3v) is 2.24. The van der Waals surface area contributed by atoms with Gasteiger partial charge in [-0.15, -0.1) is 0 Å². The standard InChI is InChI=1S/C12H19N/c1-4-11-6-5-10(7-9(2)3)8-12(11)13/h5-6,8-9H,4,7,13H2,1-3H3. The van der Waals surface area contributed by atoms with Crippen LogP contribution in [-0.4, -0.2) is 0 Å². The van der Waals surface area contributed by atoms with Crippen LogP contribution in [0.2, 0.25) is 0 Å². The summed E-state index contributed by atoms with van der Waals surface area (Å²) in [5.41, 5.74) is 9.46. The summed E-state index contributed by atoms with van der Waals surface area (Å²) in [5.74, 6) is 0.701. The minimum absolute atomic E-state index is 0.701. The quantitative estimate of drug-likeness (QED) is 0.706. The molecule has 0 spiro atoms. The molecule has 0 radical (unpaired) electrons. The largest absolute Gasteiger partial charge is 0.398 e. The van der Waals surface area contributed by atoms with Crippen LogP contribution in [-0.2, 0) is 12.8 Å². The van der Waals surface area contributed by atoms with Gasteiger partial charge in [-0.2, -0.15) is 0 Å². The van der Waals surface area contributed by atoms with Crippen LogP contribution in [0.15, 0.2) is 18.2 Å². The number of benzene rings is 1. The van der Waals surface area contributed by atoms with E-state index in [9.17, 15) is 0 Å². The Kier molecular flexibility index (Phi) is 3.35. The summed E-state index contributed by atoms with van der Waals surface area (Å²) in [6.45, 7) is 6.58. The second-order valence-electron chi connectivity index (χ2n) is 3.98. The molecule has 0 unspecified atom stereocenters. The highest BCUT2D eigenvalue weighted by atomic mass is 14.6. The zero-order valence-electron chi connectivity index (χ0n) is 8.80. The second-order valence-corrected chi connectivity index (χ2v) is 3.98. The zero-order chi connectivity index (χ0) is 9.84. The Labute approximate surface area is 81.0 Å². The van der Waals surface area contributed by atoms with Crippen LogP contribution < -0.4 is 5.73 Å². The van der Waals surface area contributed by atoms with E-state index < -0.39 is 0 Å². The SMILES string of the molecule is CCc1ccc(CC(C)C)cc1N. The molecule has 0 aliphatic carbocycles. The Morgan fingerprint density at radius 3 is 2.46 bits per heavy atom. The maximum absolute atomic E-state index is 5.91. The van der Waals surface area contributed by atoms with Crippen molar-refractivity contribution in [3.8, 4) is 0 Å². The molecule has 0 aliphatic rings. The van der Waals surface area contributed by atoms with Crippen molar-refractivity contribution in [3.63, 3.8) is 0 Å². The molecule has 0 aliphatic heterocycles. The molecule has 0 aromatic heterocycles. The number of hydrogen-bond donors (Lipinski definition) is 1. The summed E-state index contributed by atoms with van der Waals surface area (Å²) < 4.78 is 0. The van der Waals surface area contributed by atoms with Crippen molar-refractivity contribution in [1.29, 1.82) is 0 Å². The van der Waals surface area contributed by atoms with Crippen molar-refractivity contribution in [2.24, 2.45) is 5.92 Å². The lowest BCUT2D eigenvalue weighted by Crippen LogP contribution is -1.98. The van der Waals surface area contributed by atoms with Crippen LogP contribution in [0.4, 0.5) is 5.69 Å². The molecule has 0 fully saturated rings. The first-order valence-electron chi connectivity index (χ1n) is 5.00. The van der Waals surface area contributed by atoms with E-state index in [-0.39, 0.29) is 0 Å². The Bertz CT molecular complexity index is 276. The van der Waals surface area contributed by atoms with E-state index in [1.165, 1.54) is 11.1 Å². The van der Waals surface area contributed by atoms with E-state index in [2.05, 4.69) is 39.0 Å². The van der Waals surface area contributed by atoms with Gasteiger partial charge < -0.3 is 5.73 Å². The molecule has 72 valence electrons. The zero-order valence-corrected chi connectivity index (χ0v) is 8.80. The average molecular weight is 177 g/mol. The van der Waals surface area contributed by atoms with Gasteiger partial charge in [0.25, 0.3) is 0 Å². The Balaban J connectivity index is 2.83. The van der Waals surface area contributed by atoms with Gasteiger partial charge in [0.05, 0.1) is 0 Å². The molecule has 0 bridgehead atoms. The molecule has 1 aromatic rings. The van der Waals surface area contributed by atoms with E-state index in [0.717, 1.165) is 18.5 Å². The highest BCUT2D eigenvalue weighted by molar-refractivity contribution is 5.49. The number of rotatable bonds is 3. The topological polar surface area (TPSA) is 26.0 Å². The van der Waals surface area contributed by atoms with Gasteiger partial charge in [-0.3, -0.25) is 0 Å². The van der Waals surface area contributed by atoms with E-state index in [0.29, 0.717) is 5.92 Å². The fourth-order valence-electron chi connectivity index (χ4n) is 1.56. The highest BCUT2D eigenvalue weighted by Crippen LogP contribution is 2.17. The summed E-state index contributed by atoms with van der Waals surface area (Å²) in [7, 11) is 0. The van der Waals surface area contributed by atoms with Crippen LogP contribution in [0.1, 0.15) is 31.9 Å². The fraction of sp³-hybridized carbons (Fsp3) is 0.500. The minimum atomic E-state index is 0.701. The highest BCUT2D eigenvalue weighted by Gasteiger charge is 2.00. The predicted octanol–water partition coefficient (Wildman–Crippen LogP) is 3.03. The average Bonchev–Trinajstić information content (AvgIpc) is 2.03. The molecule has 0 saturated carbocycles. The number of anilines is 1. The van der Waals surface area contributed by atoms with Crippen molar-refractivity contribution >= 4 is 5.69 Å². The Hall–Kier alpha value is -0.980. The van der Waals surface area contributed by atoms with Crippen LogP contribution >= 0.6 is 0 Å². The molecule has 0 saturated heterocycles. The van der Waals surface area contributed by atoms with Crippen LogP contribution in [0.25, 0.3) is 0 Å². The first kappa shape index (κ1) is 10.1. The molecular formula is C12H19N. The lowest BCUT2D eigenvalue weighted by atomic mass is 10.00.